The highest BCUT2D eigenvalue weighted by Crippen LogP contribution is 2.68. The normalized spacial score (nSPS) is 51.5. The van der Waals surface area contributed by atoms with Gasteiger partial charge >= 0.3 is 0 Å². The number of aliphatic hydroxyl groups excluding tert-OH is 1. The van der Waals surface area contributed by atoms with Gasteiger partial charge in [0.15, 0.2) is 0 Å². The van der Waals surface area contributed by atoms with Crippen molar-refractivity contribution < 1.29 is 10.2 Å². The molecule has 0 unspecified atom stereocenters. The number of hydrogen-bond acceptors (Lipinski definition) is 6. The second-order valence-corrected chi connectivity index (χ2v) is 11.3. The fourth-order valence-electron chi connectivity index (χ4n) is 8.51. The Morgan fingerprint density at radius 2 is 1.93 bits per heavy atom. The molecule has 8 atom stereocenters. The van der Waals surface area contributed by atoms with Crippen LogP contribution in [0.3, 0.4) is 0 Å². The van der Waals surface area contributed by atoms with Gasteiger partial charge in [0.2, 0.25) is 5.96 Å². The molecule has 4 aliphatic carbocycles. The Balaban J connectivity index is 1.37. The molecule has 0 saturated heterocycles. The van der Waals surface area contributed by atoms with Gasteiger partial charge in [0.1, 0.15) is 0 Å². The summed E-state index contributed by atoms with van der Waals surface area (Å²) >= 11 is 0. The van der Waals surface area contributed by atoms with E-state index in [1.54, 1.807) is 5.01 Å². The highest BCUT2D eigenvalue weighted by molar-refractivity contribution is 5.80. The smallest absolute Gasteiger partial charge is 0.208 e. The Bertz CT molecular complexity index is 686. The zero-order valence-electron chi connectivity index (χ0n) is 18.2. The maximum Gasteiger partial charge on any atom is 0.208 e. The van der Waals surface area contributed by atoms with Crippen molar-refractivity contribution in [3.05, 3.63) is 0 Å². The predicted octanol–water partition coefficient (Wildman–Crippen LogP) is 2.26. The fourth-order valence-corrected chi connectivity index (χ4v) is 8.51. The second-order valence-electron chi connectivity index (χ2n) is 11.3. The first-order valence-corrected chi connectivity index (χ1v) is 12.0. The summed E-state index contributed by atoms with van der Waals surface area (Å²) in [6.07, 6.45) is 9.47. The molecule has 0 amide bonds. The summed E-state index contributed by atoms with van der Waals surface area (Å²) in [6, 6.07) is 0. The van der Waals surface area contributed by atoms with Crippen LogP contribution in [-0.2, 0) is 0 Å². The van der Waals surface area contributed by atoms with Crippen molar-refractivity contribution in [2.24, 2.45) is 45.3 Å². The van der Waals surface area contributed by atoms with E-state index in [0.29, 0.717) is 29.1 Å². The molecule has 6 heteroatoms. The standard InChI is InChI=1S/C23H40N4O2/c1-21-8-6-17(28)13-15(21)3-4-19-18(21)7-9-22(2)16(5-10-23(19,22)29)14-27(24)20-25-11-12-26-20/h15-19,28-29H,3-14,24H2,1-2H3,(H,25,26)/t15-,16-,17+,18+,19-,21+,22-,23+/m1/s1. The van der Waals surface area contributed by atoms with Crippen molar-refractivity contribution in [2.75, 3.05) is 19.6 Å². The predicted molar refractivity (Wildman–Crippen MR) is 114 cm³/mol. The van der Waals surface area contributed by atoms with E-state index in [0.717, 1.165) is 70.5 Å². The molecule has 0 spiro atoms. The van der Waals surface area contributed by atoms with Gasteiger partial charge in [-0.3, -0.25) is 10.0 Å². The molecule has 5 aliphatic rings. The molecular weight excluding hydrogens is 364 g/mol. The van der Waals surface area contributed by atoms with Crippen LogP contribution in [-0.4, -0.2) is 52.5 Å². The Morgan fingerprint density at radius 3 is 2.69 bits per heavy atom. The third kappa shape index (κ3) is 2.81. The Labute approximate surface area is 175 Å². The van der Waals surface area contributed by atoms with Gasteiger partial charge < -0.3 is 15.5 Å². The largest absolute Gasteiger partial charge is 0.393 e. The van der Waals surface area contributed by atoms with Gasteiger partial charge in [0, 0.05) is 18.5 Å². The van der Waals surface area contributed by atoms with Gasteiger partial charge in [0.05, 0.1) is 18.2 Å². The summed E-state index contributed by atoms with van der Waals surface area (Å²) in [5.41, 5.74) is -0.349. The van der Waals surface area contributed by atoms with Crippen molar-refractivity contribution in [1.82, 2.24) is 10.3 Å². The van der Waals surface area contributed by atoms with E-state index < -0.39 is 5.60 Å². The molecule has 5 rings (SSSR count). The van der Waals surface area contributed by atoms with Crippen LogP contribution < -0.4 is 11.2 Å². The lowest BCUT2D eigenvalue weighted by atomic mass is 9.43. The zero-order valence-corrected chi connectivity index (χ0v) is 18.2. The van der Waals surface area contributed by atoms with Crippen LogP contribution in [0, 0.1) is 34.5 Å². The molecule has 4 fully saturated rings. The molecule has 4 saturated carbocycles. The molecular formula is C23H40N4O2. The molecule has 6 nitrogen and oxygen atoms in total. The van der Waals surface area contributed by atoms with E-state index in [1.807, 2.05) is 0 Å². The van der Waals surface area contributed by atoms with Crippen LogP contribution in [0.4, 0.5) is 0 Å². The number of fused-ring (bicyclic) bond motifs is 5. The number of rotatable bonds is 2. The molecule has 1 heterocycles. The van der Waals surface area contributed by atoms with Gasteiger partial charge in [-0.1, -0.05) is 13.8 Å². The van der Waals surface area contributed by atoms with Gasteiger partial charge in [-0.25, -0.2) is 5.84 Å². The summed E-state index contributed by atoms with van der Waals surface area (Å²) in [5.74, 6) is 9.21. The summed E-state index contributed by atoms with van der Waals surface area (Å²) in [7, 11) is 0. The van der Waals surface area contributed by atoms with E-state index in [1.165, 1.54) is 12.8 Å². The first kappa shape index (κ1) is 20.1. The quantitative estimate of drug-likeness (QED) is 0.418. The minimum absolute atomic E-state index is 0.0671. The molecule has 0 aromatic rings. The van der Waals surface area contributed by atoms with E-state index in [9.17, 15) is 10.2 Å². The molecule has 0 bridgehead atoms. The fraction of sp³-hybridized carbons (Fsp3) is 0.957. The molecule has 164 valence electrons. The summed E-state index contributed by atoms with van der Waals surface area (Å²) < 4.78 is 0. The minimum Gasteiger partial charge on any atom is -0.393 e. The lowest BCUT2D eigenvalue weighted by Crippen LogP contribution is -2.63. The number of nitrogens with zero attached hydrogens (tertiary/aromatic N) is 2. The monoisotopic (exact) mass is 404 g/mol. The third-order valence-corrected chi connectivity index (χ3v) is 10.4. The number of aliphatic hydroxyl groups is 2. The topological polar surface area (TPSA) is 94.1 Å². The van der Waals surface area contributed by atoms with Crippen LogP contribution in [0.2, 0.25) is 0 Å². The highest BCUT2D eigenvalue weighted by atomic mass is 16.3. The number of hydrazine groups is 1. The van der Waals surface area contributed by atoms with E-state index >= 15 is 0 Å². The number of guanidine groups is 1. The molecule has 0 aromatic carbocycles. The van der Waals surface area contributed by atoms with E-state index in [-0.39, 0.29) is 11.5 Å². The molecule has 0 aromatic heterocycles. The van der Waals surface area contributed by atoms with Crippen LogP contribution in [0.15, 0.2) is 4.99 Å². The number of nitrogens with two attached hydrogens (primary N) is 1. The first-order valence-electron chi connectivity index (χ1n) is 12.0. The van der Waals surface area contributed by atoms with Crippen LogP contribution in [0.25, 0.3) is 0 Å². The molecule has 1 aliphatic heterocycles. The van der Waals surface area contributed by atoms with E-state index in [2.05, 4.69) is 24.2 Å². The lowest BCUT2D eigenvalue weighted by Gasteiger charge is -2.63. The molecule has 0 radical (unpaired) electrons. The number of hydrogen-bond donors (Lipinski definition) is 4. The maximum atomic E-state index is 12.2. The Morgan fingerprint density at radius 1 is 1.10 bits per heavy atom. The Kier molecular flexibility index (Phi) is 4.73. The maximum absolute atomic E-state index is 12.2. The SMILES string of the molecule is C[C@]12CC[C@H](O)C[C@H]1CC[C@@H]1[C@@H]2CC[C@]2(C)[C@@H](CN(N)C3=NCCN3)CC[C@]12O. The highest BCUT2D eigenvalue weighted by Gasteiger charge is 2.67. The number of aliphatic imine (C=N–C) groups is 1. The molecule has 29 heavy (non-hydrogen) atoms. The van der Waals surface area contributed by atoms with Gasteiger partial charge in [-0.15, -0.1) is 0 Å². The van der Waals surface area contributed by atoms with Crippen molar-refractivity contribution in [1.29, 1.82) is 0 Å². The van der Waals surface area contributed by atoms with Gasteiger partial charge in [-0.2, -0.15) is 0 Å². The van der Waals surface area contributed by atoms with Gasteiger partial charge in [0.25, 0.3) is 0 Å². The zero-order chi connectivity index (χ0) is 20.4. The van der Waals surface area contributed by atoms with Crippen LogP contribution in [0.5, 0.6) is 0 Å². The molecule has 5 N–H and O–H groups in total. The van der Waals surface area contributed by atoms with E-state index in [4.69, 9.17) is 5.84 Å². The minimum atomic E-state index is -0.573. The van der Waals surface area contributed by atoms with Crippen molar-refractivity contribution in [3.8, 4) is 0 Å². The average Bonchev–Trinajstić information content (AvgIpc) is 3.31. The summed E-state index contributed by atoms with van der Waals surface area (Å²) in [5, 5.41) is 27.5. The van der Waals surface area contributed by atoms with Crippen molar-refractivity contribution >= 4 is 5.96 Å². The number of nitrogens with one attached hydrogen (secondary N) is 1. The summed E-state index contributed by atoms with van der Waals surface area (Å²) in [4.78, 5) is 4.47. The summed E-state index contributed by atoms with van der Waals surface area (Å²) in [6.45, 7) is 7.26. The first-order chi connectivity index (χ1) is 13.8. The third-order valence-electron chi connectivity index (χ3n) is 10.4. The average molecular weight is 405 g/mol. The second kappa shape index (κ2) is 6.83. The lowest BCUT2D eigenvalue weighted by molar-refractivity contribution is -0.210. The van der Waals surface area contributed by atoms with Crippen LogP contribution >= 0.6 is 0 Å². The van der Waals surface area contributed by atoms with Gasteiger partial charge in [-0.05, 0) is 86.9 Å². The van der Waals surface area contributed by atoms with Crippen LogP contribution in [0.1, 0.15) is 71.6 Å². The Hall–Kier alpha value is -0.850. The van der Waals surface area contributed by atoms with Crippen molar-refractivity contribution in [3.63, 3.8) is 0 Å². The van der Waals surface area contributed by atoms with Crippen molar-refractivity contribution in [2.45, 2.75) is 83.3 Å².